The molecule has 0 rings (SSSR count). The first-order valence-corrected chi connectivity index (χ1v) is 7.38. The van der Waals surface area contributed by atoms with Gasteiger partial charge in [0, 0.05) is 20.1 Å². The number of carbonyl (C=O) groups excluding carboxylic acids is 2. The van der Waals surface area contributed by atoms with Gasteiger partial charge in [0.1, 0.15) is 0 Å². The highest BCUT2D eigenvalue weighted by Crippen LogP contribution is 2.29. The smallest absolute Gasteiger partial charge is 0.381 e. The lowest BCUT2D eigenvalue weighted by atomic mass is 9.90. The third-order valence-corrected chi connectivity index (χ3v) is 3.46. The van der Waals surface area contributed by atoms with E-state index in [1.54, 1.807) is 20.8 Å². The molecule has 0 saturated heterocycles. The van der Waals surface area contributed by atoms with Crippen LogP contribution in [-0.4, -0.2) is 44.3 Å². The van der Waals surface area contributed by atoms with E-state index in [4.69, 9.17) is 9.47 Å². The van der Waals surface area contributed by atoms with E-state index in [2.05, 4.69) is 4.74 Å². The predicted octanol–water partition coefficient (Wildman–Crippen LogP) is 2.96. The Morgan fingerprint density at radius 1 is 1.09 bits per heavy atom. The Kier molecular flexibility index (Phi) is 8.52. The number of carbonyl (C=O) groups is 2. The number of alkyl halides is 2. The summed E-state index contributed by atoms with van der Waals surface area (Å²) in [5.41, 5.74) is -0.883. The van der Waals surface area contributed by atoms with Crippen LogP contribution < -0.4 is 0 Å². The van der Waals surface area contributed by atoms with E-state index >= 15 is 0 Å². The van der Waals surface area contributed by atoms with Crippen molar-refractivity contribution in [1.29, 1.82) is 0 Å². The third-order valence-electron chi connectivity index (χ3n) is 3.46. The largest absolute Gasteiger partial charge is 0.461 e. The molecule has 1 unspecified atom stereocenters. The van der Waals surface area contributed by atoms with Gasteiger partial charge >= 0.3 is 17.9 Å². The second-order valence-electron chi connectivity index (χ2n) is 5.64. The van der Waals surface area contributed by atoms with Gasteiger partial charge in [0.15, 0.2) is 6.10 Å². The van der Waals surface area contributed by atoms with Crippen molar-refractivity contribution in [3.8, 4) is 0 Å². The van der Waals surface area contributed by atoms with Crippen LogP contribution in [0.25, 0.3) is 0 Å². The Balaban J connectivity index is 4.75. The summed E-state index contributed by atoms with van der Waals surface area (Å²) in [5.74, 6) is -6.31. The van der Waals surface area contributed by atoms with Crippen LogP contribution in [0.5, 0.6) is 0 Å². The Morgan fingerprint density at radius 2 is 1.68 bits per heavy atom. The van der Waals surface area contributed by atoms with E-state index in [9.17, 15) is 18.4 Å². The monoisotopic (exact) mass is 324 g/mol. The second kappa shape index (κ2) is 9.02. The van der Waals surface area contributed by atoms with Crippen molar-refractivity contribution < 1.29 is 32.6 Å². The Bertz CT molecular complexity index is 369. The number of hydrogen-bond donors (Lipinski definition) is 0. The molecule has 0 saturated carbocycles. The van der Waals surface area contributed by atoms with E-state index in [-0.39, 0.29) is 13.0 Å². The second-order valence-corrected chi connectivity index (χ2v) is 5.64. The molecule has 0 bridgehead atoms. The molecule has 1 atom stereocenters. The maximum atomic E-state index is 14.1. The van der Waals surface area contributed by atoms with Gasteiger partial charge in [-0.05, 0) is 26.7 Å². The summed E-state index contributed by atoms with van der Waals surface area (Å²) in [6, 6.07) is 0. The molecule has 0 aliphatic rings. The molecular weight excluding hydrogens is 298 g/mol. The molecule has 0 aromatic heterocycles. The van der Waals surface area contributed by atoms with Gasteiger partial charge in [-0.2, -0.15) is 8.78 Å². The molecule has 0 aromatic rings. The van der Waals surface area contributed by atoms with E-state index in [0.29, 0.717) is 19.4 Å². The summed E-state index contributed by atoms with van der Waals surface area (Å²) >= 11 is 0. The molecule has 0 aromatic carbocycles. The number of methoxy groups -OCH3 is 1. The average molecular weight is 324 g/mol. The van der Waals surface area contributed by atoms with Gasteiger partial charge in [0.05, 0.1) is 12.0 Å². The molecule has 0 N–H and O–H groups in total. The maximum absolute atomic E-state index is 14.1. The van der Waals surface area contributed by atoms with Gasteiger partial charge in [-0.25, -0.2) is 4.79 Å². The number of ether oxygens (including phenoxy) is 3. The highest BCUT2D eigenvalue weighted by atomic mass is 19.3. The van der Waals surface area contributed by atoms with Crippen molar-refractivity contribution in [3.05, 3.63) is 0 Å². The van der Waals surface area contributed by atoms with E-state index < -0.39 is 29.4 Å². The zero-order chi connectivity index (χ0) is 17.4. The number of rotatable bonds is 10. The first kappa shape index (κ1) is 20.8. The molecule has 22 heavy (non-hydrogen) atoms. The first-order valence-electron chi connectivity index (χ1n) is 7.38. The lowest BCUT2D eigenvalue weighted by Crippen LogP contribution is -2.46. The molecule has 0 fully saturated rings. The quantitative estimate of drug-likeness (QED) is 0.457. The molecule has 0 radical (unpaired) electrons. The molecule has 0 aliphatic carbocycles. The number of esters is 2. The molecule has 0 heterocycles. The van der Waals surface area contributed by atoms with E-state index in [1.807, 2.05) is 0 Å². The van der Waals surface area contributed by atoms with Gasteiger partial charge in [-0.15, -0.1) is 0 Å². The summed E-state index contributed by atoms with van der Waals surface area (Å²) < 4.78 is 42.2. The average Bonchev–Trinajstić information content (AvgIpc) is 2.48. The van der Waals surface area contributed by atoms with Crippen molar-refractivity contribution >= 4 is 11.9 Å². The fraction of sp³-hybridized carbons (Fsp3) is 0.867. The van der Waals surface area contributed by atoms with Crippen molar-refractivity contribution in [3.63, 3.8) is 0 Å². The zero-order valence-electron chi connectivity index (χ0n) is 13.9. The summed E-state index contributed by atoms with van der Waals surface area (Å²) in [4.78, 5) is 23.4. The normalized spacial score (nSPS) is 13.6. The third kappa shape index (κ3) is 5.87. The Morgan fingerprint density at radius 3 is 2.14 bits per heavy atom. The van der Waals surface area contributed by atoms with Gasteiger partial charge < -0.3 is 14.2 Å². The highest BCUT2D eigenvalue weighted by Gasteiger charge is 2.51. The summed E-state index contributed by atoms with van der Waals surface area (Å²) in [6.45, 7) is 6.50. The number of halogens is 2. The van der Waals surface area contributed by atoms with Crippen LogP contribution in [0, 0.1) is 5.41 Å². The minimum Gasteiger partial charge on any atom is -0.461 e. The molecule has 0 spiro atoms. The predicted molar refractivity (Wildman–Crippen MR) is 76.6 cm³/mol. The van der Waals surface area contributed by atoms with Crippen LogP contribution in [0.4, 0.5) is 8.78 Å². The van der Waals surface area contributed by atoms with Crippen molar-refractivity contribution in [1.82, 2.24) is 0 Å². The van der Waals surface area contributed by atoms with Crippen molar-refractivity contribution in [2.24, 2.45) is 5.41 Å². The SMILES string of the molecule is CCC(OC(=O)C(C)(C)CC)C(F)(F)C(=O)OCCCOC. The van der Waals surface area contributed by atoms with Gasteiger partial charge in [-0.3, -0.25) is 4.79 Å². The van der Waals surface area contributed by atoms with Crippen molar-refractivity contribution in [2.75, 3.05) is 20.3 Å². The Labute approximate surface area is 130 Å². The fourth-order valence-corrected chi connectivity index (χ4v) is 1.44. The lowest BCUT2D eigenvalue weighted by Gasteiger charge is -2.28. The minimum absolute atomic E-state index is 0.174. The molecule has 0 amide bonds. The summed E-state index contributed by atoms with van der Waals surface area (Å²) in [7, 11) is 1.46. The van der Waals surface area contributed by atoms with Crippen LogP contribution in [-0.2, 0) is 23.8 Å². The summed E-state index contributed by atoms with van der Waals surface area (Å²) in [6.07, 6.45) is -1.26. The topological polar surface area (TPSA) is 61.8 Å². The van der Waals surface area contributed by atoms with Crippen LogP contribution >= 0.6 is 0 Å². The van der Waals surface area contributed by atoms with Crippen LogP contribution in [0.15, 0.2) is 0 Å². The van der Waals surface area contributed by atoms with Crippen LogP contribution in [0.1, 0.15) is 47.0 Å². The lowest BCUT2D eigenvalue weighted by molar-refractivity contribution is -0.202. The van der Waals surface area contributed by atoms with E-state index in [0.717, 1.165) is 0 Å². The molecular formula is C15H26F2O5. The minimum atomic E-state index is -3.87. The van der Waals surface area contributed by atoms with Crippen LogP contribution in [0.3, 0.4) is 0 Å². The molecule has 130 valence electrons. The van der Waals surface area contributed by atoms with Crippen LogP contribution in [0.2, 0.25) is 0 Å². The molecule has 5 nitrogen and oxygen atoms in total. The fourth-order valence-electron chi connectivity index (χ4n) is 1.44. The Hall–Kier alpha value is -1.24. The number of hydrogen-bond acceptors (Lipinski definition) is 5. The molecule has 0 aliphatic heterocycles. The van der Waals surface area contributed by atoms with Crippen molar-refractivity contribution in [2.45, 2.75) is 59.0 Å². The van der Waals surface area contributed by atoms with E-state index in [1.165, 1.54) is 14.0 Å². The first-order chi connectivity index (χ1) is 10.1. The maximum Gasteiger partial charge on any atom is 0.381 e. The van der Waals surface area contributed by atoms with Gasteiger partial charge in [-0.1, -0.05) is 13.8 Å². The standard InChI is InChI=1S/C15H26F2O5/c1-6-11(22-12(18)14(3,4)7-2)15(16,17)13(19)21-10-8-9-20-5/h11H,6-10H2,1-5H3. The van der Waals surface area contributed by atoms with Gasteiger partial charge in [0.2, 0.25) is 0 Å². The molecule has 7 heteroatoms. The van der Waals surface area contributed by atoms with Gasteiger partial charge in [0.25, 0.3) is 0 Å². The zero-order valence-corrected chi connectivity index (χ0v) is 13.9. The summed E-state index contributed by atoms with van der Waals surface area (Å²) in [5, 5.41) is 0. The highest BCUT2D eigenvalue weighted by molar-refractivity contribution is 5.80.